The normalized spacial score (nSPS) is 10.5. The lowest BCUT2D eigenvalue weighted by molar-refractivity contribution is -0.252. The molecule has 0 saturated heterocycles. The maximum atomic E-state index is 12.5. The molecule has 7 N–H and O–H groups in total. The van der Waals surface area contributed by atoms with Crippen LogP contribution in [0.5, 0.6) is 0 Å². The number of anilines is 3. The third kappa shape index (κ3) is 18.6. The van der Waals surface area contributed by atoms with Gasteiger partial charge >= 0.3 is 0 Å². The van der Waals surface area contributed by atoms with E-state index in [-0.39, 0.29) is 17.7 Å². The highest BCUT2D eigenvalue weighted by atomic mass is 16.8. The Morgan fingerprint density at radius 1 is 0.720 bits per heavy atom. The molecule has 0 aliphatic carbocycles. The number of rotatable bonds is 22. The molecule has 0 atom stereocenters. The van der Waals surface area contributed by atoms with E-state index in [1.807, 2.05) is 45.2 Å². The fourth-order valence-electron chi connectivity index (χ4n) is 3.94. The number of fused-ring (bicyclic) bond motifs is 1. The molecule has 1 heterocycles. The number of nitrogens with two attached hydrogens (primary N) is 3. The Bertz CT molecular complexity index is 1290. The number of aliphatic hydroxyl groups is 1. The van der Waals surface area contributed by atoms with E-state index in [0.717, 1.165) is 11.3 Å². The van der Waals surface area contributed by atoms with Crippen molar-refractivity contribution in [1.29, 1.82) is 0 Å². The van der Waals surface area contributed by atoms with Gasteiger partial charge in [-0.1, -0.05) is 13.8 Å². The third-order valence-corrected chi connectivity index (χ3v) is 6.43. The molecule has 3 rings (SSSR count). The summed E-state index contributed by atoms with van der Waals surface area (Å²) in [6, 6.07) is 12.4. The number of benzene rings is 2. The van der Waals surface area contributed by atoms with E-state index in [2.05, 4.69) is 24.8 Å². The van der Waals surface area contributed by atoms with E-state index in [4.69, 9.17) is 44.7 Å². The van der Waals surface area contributed by atoms with Gasteiger partial charge in [0, 0.05) is 52.2 Å². The van der Waals surface area contributed by atoms with Gasteiger partial charge in [0.05, 0.1) is 89.4 Å². The molecule has 0 amide bonds. The molecular weight excluding hydrogens is 652 g/mol. The number of aliphatic hydroxyl groups excluding tert-OH is 1. The van der Waals surface area contributed by atoms with Crippen molar-refractivity contribution in [2.45, 2.75) is 20.3 Å². The Labute approximate surface area is 296 Å². The Hall–Kier alpha value is -3.35. The van der Waals surface area contributed by atoms with Gasteiger partial charge in [-0.15, -0.1) is 0 Å². The van der Waals surface area contributed by atoms with Crippen LogP contribution in [0.3, 0.4) is 0 Å². The Balaban J connectivity index is 0.00000192. The molecule has 286 valence electrons. The van der Waals surface area contributed by atoms with Gasteiger partial charge in [0.2, 0.25) is 0 Å². The van der Waals surface area contributed by atoms with Crippen molar-refractivity contribution in [3.63, 3.8) is 0 Å². The Morgan fingerprint density at radius 2 is 1.18 bits per heavy atom. The molecule has 0 spiro atoms. The van der Waals surface area contributed by atoms with Crippen LogP contribution in [0.2, 0.25) is 0 Å². The van der Waals surface area contributed by atoms with Gasteiger partial charge in [-0.25, -0.2) is 0 Å². The number of hydrogen-bond acceptors (Lipinski definition) is 15. The van der Waals surface area contributed by atoms with Gasteiger partial charge in [-0.2, -0.15) is 0 Å². The van der Waals surface area contributed by atoms with E-state index >= 15 is 0 Å². The second kappa shape index (κ2) is 30.5. The van der Waals surface area contributed by atoms with Gasteiger partial charge in [0.1, 0.15) is 5.76 Å². The zero-order valence-corrected chi connectivity index (χ0v) is 30.8. The van der Waals surface area contributed by atoms with E-state index < -0.39 is 6.48 Å². The van der Waals surface area contributed by atoms with Crippen molar-refractivity contribution in [3.05, 3.63) is 52.7 Å². The monoisotopic (exact) mass is 712 g/mol. The molecule has 0 radical (unpaired) electrons. The minimum absolute atomic E-state index is 0.0193. The predicted molar refractivity (Wildman–Crippen MR) is 197 cm³/mol. The summed E-state index contributed by atoms with van der Waals surface area (Å²) in [5, 5.41) is 8.99. The van der Waals surface area contributed by atoms with Gasteiger partial charge in [0.25, 0.3) is 6.48 Å². The molecule has 0 saturated carbocycles. The molecule has 0 aliphatic rings. The number of nitrogens with zero attached hydrogens (tertiary/aromatic N) is 1. The summed E-state index contributed by atoms with van der Waals surface area (Å²) >= 11 is 0. The maximum Gasteiger partial charge on any atom is 0.270 e. The lowest BCUT2D eigenvalue weighted by atomic mass is 10.1. The largest absolute Gasteiger partial charge is 0.454 e. The number of ether oxygens (including phenoxy) is 8. The smallest absolute Gasteiger partial charge is 0.270 e. The average molecular weight is 713 g/mol. The van der Waals surface area contributed by atoms with Crippen LogP contribution in [0.4, 0.5) is 17.1 Å². The van der Waals surface area contributed by atoms with Crippen molar-refractivity contribution in [2.24, 2.45) is 5.73 Å². The van der Waals surface area contributed by atoms with Crippen LogP contribution >= 0.6 is 0 Å². The molecule has 1 aromatic heterocycles. The van der Waals surface area contributed by atoms with E-state index in [0.29, 0.717) is 95.0 Å². The van der Waals surface area contributed by atoms with Crippen LogP contribution in [-0.2, 0) is 37.9 Å². The lowest BCUT2D eigenvalue weighted by Crippen LogP contribution is -2.23. The van der Waals surface area contributed by atoms with E-state index in [1.54, 1.807) is 12.1 Å². The number of methoxy groups -OCH3 is 3. The van der Waals surface area contributed by atoms with Crippen LogP contribution in [-0.4, -0.2) is 126 Å². The summed E-state index contributed by atoms with van der Waals surface area (Å²) in [6.45, 7) is 9.00. The van der Waals surface area contributed by atoms with Crippen LogP contribution in [0.15, 0.2) is 51.7 Å². The van der Waals surface area contributed by atoms with E-state index in [9.17, 15) is 4.79 Å². The molecule has 0 unspecified atom stereocenters. The Kier molecular flexibility index (Phi) is 28.4. The van der Waals surface area contributed by atoms with Crippen molar-refractivity contribution in [2.75, 3.05) is 131 Å². The minimum atomic E-state index is -0.514. The fourth-order valence-corrected chi connectivity index (χ4v) is 3.94. The SMILES string of the molecule is CC.CN.CN(CCOCCOCCOCCOCCOCCO)c1ccc(-c2cc(=O)c3ccc(N)c(N)c3o2)cc1.COC(OC)OC. The van der Waals surface area contributed by atoms with Crippen molar-refractivity contribution in [1.82, 2.24) is 0 Å². The Morgan fingerprint density at radius 3 is 1.62 bits per heavy atom. The standard InChI is InChI=1S/C28H39N3O8.C4H10O3.C2H6.CH5N/c1-31(8-10-34-12-14-36-16-18-38-19-17-37-15-13-35-11-9-32)22-4-2-21(3-5-22)26-20-25(33)23-6-7-24(29)27(30)28(23)39-26;1-5-4(6-2)7-3;2*1-2/h2-7,20,32H,8-19,29-30H2,1H3;4H,1-3H3;1-2H3;2H2,1H3. The van der Waals surface area contributed by atoms with Gasteiger partial charge in [-0.3, -0.25) is 4.79 Å². The van der Waals surface area contributed by atoms with Crippen LogP contribution < -0.4 is 27.5 Å². The molecule has 0 bridgehead atoms. The maximum absolute atomic E-state index is 12.5. The predicted octanol–water partition coefficient (Wildman–Crippen LogP) is 2.95. The van der Waals surface area contributed by atoms with Crippen molar-refractivity contribution < 1.29 is 47.4 Å². The molecule has 0 fully saturated rings. The summed E-state index contributed by atoms with van der Waals surface area (Å²) in [7, 11) is 8.02. The lowest BCUT2D eigenvalue weighted by Gasteiger charge is -2.19. The second-order valence-electron chi connectivity index (χ2n) is 9.67. The number of likely N-dealkylation sites (N-methyl/N-ethyl adjacent to an activating group) is 1. The quantitative estimate of drug-likeness (QED) is 0.0671. The molecular formula is C35H60N4O11. The van der Waals surface area contributed by atoms with Crippen molar-refractivity contribution >= 4 is 28.0 Å². The van der Waals surface area contributed by atoms with Gasteiger partial charge in [-0.05, 0) is 43.4 Å². The van der Waals surface area contributed by atoms with Crippen molar-refractivity contribution in [3.8, 4) is 11.3 Å². The van der Waals surface area contributed by atoms with Gasteiger partial charge in [0.15, 0.2) is 11.0 Å². The highest BCUT2D eigenvalue weighted by Gasteiger charge is 2.12. The minimum Gasteiger partial charge on any atom is -0.454 e. The fraction of sp³-hybridized carbons (Fsp3) is 0.571. The zero-order valence-electron chi connectivity index (χ0n) is 30.8. The summed E-state index contributed by atoms with van der Waals surface area (Å²) in [5.41, 5.74) is 18.9. The van der Waals surface area contributed by atoms with Crippen LogP contribution in [0.25, 0.3) is 22.3 Å². The van der Waals surface area contributed by atoms with E-state index in [1.165, 1.54) is 34.4 Å². The molecule has 15 nitrogen and oxygen atoms in total. The average Bonchev–Trinajstić information content (AvgIpc) is 3.15. The summed E-state index contributed by atoms with van der Waals surface area (Å²) < 4.78 is 46.8. The van der Waals surface area contributed by atoms with Gasteiger partial charge < -0.3 is 69.5 Å². The first-order valence-corrected chi connectivity index (χ1v) is 16.4. The molecule has 2 aromatic carbocycles. The highest BCUT2D eigenvalue weighted by Crippen LogP contribution is 2.29. The van der Waals surface area contributed by atoms with Crippen LogP contribution in [0.1, 0.15) is 13.8 Å². The highest BCUT2D eigenvalue weighted by molar-refractivity contribution is 5.94. The topological polar surface area (TPSA) is 206 Å². The molecule has 0 aliphatic heterocycles. The summed E-state index contributed by atoms with van der Waals surface area (Å²) in [4.78, 5) is 14.6. The second-order valence-corrected chi connectivity index (χ2v) is 9.67. The van der Waals surface area contributed by atoms with Crippen LogP contribution in [0, 0.1) is 0 Å². The first kappa shape index (κ1) is 46.6. The number of hydrogen-bond donors (Lipinski definition) is 4. The first-order valence-electron chi connectivity index (χ1n) is 16.4. The molecule has 3 aromatic rings. The zero-order chi connectivity index (χ0) is 37.6. The first-order chi connectivity index (χ1) is 24.4. The summed E-state index contributed by atoms with van der Waals surface area (Å²) in [6.07, 6.45) is 0. The third-order valence-electron chi connectivity index (χ3n) is 6.43. The number of nitrogen functional groups attached to an aromatic ring is 2. The molecule has 15 heteroatoms. The molecule has 50 heavy (non-hydrogen) atoms. The summed E-state index contributed by atoms with van der Waals surface area (Å²) in [5.74, 6) is 0.432.